The number of halogens is 1. The molecule has 2 rings (SSSR count). The standard InChI is InChI=1S/C13H15FN4O2/c1-7(2)20-6-9-4-3-8(5-10(9)14)11-12(13(15)19)17-18-16-11/h3-5,7H,6H2,1-2H3,(H2,15,19)(H,16,17,18). The fourth-order valence-corrected chi connectivity index (χ4v) is 1.67. The number of hydrogen-bond donors (Lipinski definition) is 2. The van der Waals surface area contributed by atoms with E-state index in [4.69, 9.17) is 10.5 Å². The lowest BCUT2D eigenvalue weighted by molar-refractivity contribution is 0.0639. The Morgan fingerprint density at radius 1 is 1.45 bits per heavy atom. The van der Waals surface area contributed by atoms with E-state index < -0.39 is 11.7 Å². The van der Waals surface area contributed by atoms with Crippen LogP contribution in [-0.2, 0) is 11.3 Å². The Hall–Kier alpha value is -2.28. The van der Waals surface area contributed by atoms with E-state index in [1.807, 2.05) is 13.8 Å². The number of aromatic amines is 1. The Kier molecular flexibility index (Phi) is 4.09. The highest BCUT2D eigenvalue weighted by atomic mass is 19.1. The first kappa shape index (κ1) is 14.1. The second-order valence-corrected chi connectivity index (χ2v) is 4.55. The summed E-state index contributed by atoms with van der Waals surface area (Å²) in [5, 5.41) is 9.77. The molecular formula is C13H15FN4O2. The highest BCUT2D eigenvalue weighted by Gasteiger charge is 2.16. The van der Waals surface area contributed by atoms with Crippen LogP contribution in [-0.4, -0.2) is 27.4 Å². The predicted octanol–water partition coefficient (Wildman–Crippen LogP) is 1.63. The van der Waals surface area contributed by atoms with Crippen molar-refractivity contribution in [3.63, 3.8) is 0 Å². The Morgan fingerprint density at radius 3 is 2.80 bits per heavy atom. The van der Waals surface area contributed by atoms with E-state index in [1.54, 1.807) is 12.1 Å². The third kappa shape index (κ3) is 3.00. The van der Waals surface area contributed by atoms with E-state index in [0.717, 1.165) is 0 Å². The fourth-order valence-electron chi connectivity index (χ4n) is 1.67. The van der Waals surface area contributed by atoms with Crippen LogP contribution in [0, 0.1) is 5.82 Å². The number of aromatic nitrogens is 3. The number of hydrogen-bond acceptors (Lipinski definition) is 4. The summed E-state index contributed by atoms with van der Waals surface area (Å²) in [7, 11) is 0. The van der Waals surface area contributed by atoms with Gasteiger partial charge in [-0.25, -0.2) is 4.39 Å². The van der Waals surface area contributed by atoms with Crippen LogP contribution in [0.5, 0.6) is 0 Å². The monoisotopic (exact) mass is 278 g/mol. The van der Waals surface area contributed by atoms with Crippen molar-refractivity contribution < 1.29 is 13.9 Å². The van der Waals surface area contributed by atoms with Gasteiger partial charge in [0.1, 0.15) is 11.5 Å². The first-order chi connectivity index (χ1) is 9.49. The van der Waals surface area contributed by atoms with Gasteiger partial charge in [-0.05, 0) is 19.9 Å². The number of primary amides is 1. The highest BCUT2D eigenvalue weighted by molar-refractivity contribution is 5.96. The van der Waals surface area contributed by atoms with Crippen molar-refractivity contribution in [3.05, 3.63) is 35.3 Å². The molecule has 0 unspecified atom stereocenters. The third-order valence-electron chi connectivity index (χ3n) is 2.68. The van der Waals surface area contributed by atoms with Gasteiger partial charge in [0.05, 0.1) is 12.7 Å². The molecule has 0 spiro atoms. The molecule has 0 saturated carbocycles. The first-order valence-electron chi connectivity index (χ1n) is 6.10. The molecule has 3 N–H and O–H groups in total. The van der Waals surface area contributed by atoms with Gasteiger partial charge in [0, 0.05) is 11.1 Å². The molecule has 0 radical (unpaired) electrons. The maximum Gasteiger partial charge on any atom is 0.271 e. The van der Waals surface area contributed by atoms with Crippen molar-refractivity contribution in [2.75, 3.05) is 0 Å². The van der Waals surface area contributed by atoms with Gasteiger partial charge in [-0.1, -0.05) is 12.1 Å². The molecule has 0 saturated heterocycles. The largest absolute Gasteiger partial charge is 0.374 e. The number of amides is 1. The predicted molar refractivity (Wildman–Crippen MR) is 70.2 cm³/mol. The molecule has 1 aromatic heterocycles. The van der Waals surface area contributed by atoms with Crippen molar-refractivity contribution in [3.8, 4) is 11.3 Å². The van der Waals surface area contributed by atoms with Crippen LogP contribution >= 0.6 is 0 Å². The number of carbonyl (C=O) groups is 1. The van der Waals surface area contributed by atoms with Crippen molar-refractivity contribution in [2.24, 2.45) is 5.73 Å². The van der Waals surface area contributed by atoms with Crippen molar-refractivity contribution in [1.82, 2.24) is 15.4 Å². The van der Waals surface area contributed by atoms with Gasteiger partial charge in [0.2, 0.25) is 0 Å². The lowest BCUT2D eigenvalue weighted by Crippen LogP contribution is -2.12. The lowest BCUT2D eigenvalue weighted by atomic mass is 10.1. The van der Waals surface area contributed by atoms with E-state index in [9.17, 15) is 9.18 Å². The summed E-state index contributed by atoms with van der Waals surface area (Å²) in [6.45, 7) is 3.94. The number of nitrogens with one attached hydrogen (secondary N) is 1. The molecule has 0 fully saturated rings. The van der Waals surface area contributed by atoms with Gasteiger partial charge >= 0.3 is 0 Å². The van der Waals surface area contributed by atoms with Crippen LogP contribution in [0.15, 0.2) is 18.2 Å². The summed E-state index contributed by atoms with van der Waals surface area (Å²) >= 11 is 0. The van der Waals surface area contributed by atoms with E-state index >= 15 is 0 Å². The van der Waals surface area contributed by atoms with Crippen LogP contribution in [0.1, 0.15) is 29.9 Å². The highest BCUT2D eigenvalue weighted by Crippen LogP contribution is 2.22. The maximum atomic E-state index is 14.0. The maximum absolute atomic E-state index is 14.0. The topological polar surface area (TPSA) is 93.9 Å². The summed E-state index contributed by atoms with van der Waals surface area (Å²) < 4.78 is 19.3. The van der Waals surface area contributed by atoms with Crippen LogP contribution in [0.4, 0.5) is 4.39 Å². The van der Waals surface area contributed by atoms with Gasteiger partial charge in [-0.15, -0.1) is 0 Å². The van der Waals surface area contributed by atoms with Crippen LogP contribution in [0.25, 0.3) is 11.3 Å². The van der Waals surface area contributed by atoms with Gasteiger partial charge in [-0.2, -0.15) is 15.4 Å². The number of ether oxygens (including phenoxy) is 1. The summed E-state index contributed by atoms with van der Waals surface area (Å²) in [6, 6.07) is 4.52. The molecule has 1 amide bonds. The molecule has 7 heteroatoms. The lowest BCUT2D eigenvalue weighted by Gasteiger charge is -2.09. The Balaban J connectivity index is 2.29. The number of nitrogens with zero attached hydrogens (tertiary/aromatic N) is 2. The van der Waals surface area contributed by atoms with Gasteiger partial charge < -0.3 is 10.5 Å². The summed E-state index contributed by atoms with van der Waals surface area (Å²) in [4.78, 5) is 11.2. The third-order valence-corrected chi connectivity index (χ3v) is 2.68. The summed E-state index contributed by atoms with van der Waals surface area (Å²) in [5.74, 6) is -1.15. The number of H-pyrrole nitrogens is 1. The van der Waals surface area contributed by atoms with Gasteiger partial charge in [0.15, 0.2) is 5.69 Å². The average molecular weight is 278 g/mol. The zero-order valence-corrected chi connectivity index (χ0v) is 11.2. The second-order valence-electron chi connectivity index (χ2n) is 4.55. The molecule has 1 aromatic carbocycles. The quantitative estimate of drug-likeness (QED) is 0.869. The minimum atomic E-state index is -0.721. The molecule has 6 nitrogen and oxygen atoms in total. The summed E-state index contributed by atoms with van der Waals surface area (Å²) in [5.41, 5.74) is 6.25. The molecule has 0 bridgehead atoms. The molecule has 0 atom stereocenters. The smallest absolute Gasteiger partial charge is 0.271 e. The fraction of sp³-hybridized carbons (Fsp3) is 0.308. The zero-order valence-electron chi connectivity index (χ0n) is 11.2. The molecule has 0 aliphatic heterocycles. The van der Waals surface area contributed by atoms with Gasteiger partial charge in [0.25, 0.3) is 5.91 Å². The molecule has 106 valence electrons. The SMILES string of the molecule is CC(C)OCc1ccc(-c2n[nH]nc2C(N)=O)cc1F. The van der Waals surface area contributed by atoms with Crippen LogP contribution < -0.4 is 5.73 Å². The minimum Gasteiger partial charge on any atom is -0.374 e. The molecule has 1 heterocycles. The zero-order chi connectivity index (χ0) is 14.7. The average Bonchev–Trinajstić information content (AvgIpc) is 2.86. The summed E-state index contributed by atoms with van der Waals surface area (Å²) in [6.07, 6.45) is 0.0195. The van der Waals surface area contributed by atoms with E-state index in [1.165, 1.54) is 6.07 Å². The number of rotatable bonds is 5. The Labute approximate surface area is 115 Å². The van der Waals surface area contributed by atoms with Crippen molar-refractivity contribution >= 4 is 5.91 Å². The number of benzene rings is 1. The Morgan fingerprint density at radius 2 is 2.20 bits per heavy atom. The number of nitrogens with two attached hydrogens (primary N) is 1. The molecular weight excluding hydrogens is 263 g/mol. The molecule has 2 aromatic rings. The molecule has 0 aliphatic rings. The normalized spacial score (nSPS) is 11.0. The van der Waals surface area contributed by atoms with Crippen LogP contribution in [0.3, 0.4) is 0 Å². The molecule has 0 aliphatic carbocycles. The first-order valence-corrected chi connectivity index (χ1v) is 6.10. The van der Waals surface area contributed by atoms with E-state index in [2.05, 4.69) is 15.4 Å². The minimum absolute atomic E-state index is 0.0180. The Bertz CT molecular complexity index is 625. The van der Waals surface area contributed by atoms with E-state index in [0.29, 0.717) is 11.1 Å². The number of carbonyl (C=O) groups excluding carboxylic acids is 1. The molecule has 20 heavy (non-hydrogen) atoms. The van der Waals surface area contributed by atoms with Crippen LogP contribution in [0.2, 0.25) is 0 Å². The second kappa shape index (κ2) is 5.79. The van der Waals surface area contributed by atoms with Gasteiger partial charge in [-0.3, -0.25) is 4.79 Å². The van der Waals surface area contributed by atoms with E-state index in [-0.39, 0.29) is 24.1 Å². The van der Waals surface area contributed by atoms with Crippen molar-refractivity contribution in [1.29, 1.82) is 0 Å². The van der Waals surface area contributed by atoms with Crippen molar-refractivity contribution in [2.45, 2.75) is 26.6 Å².